The van der Waals surface area contributed by atoms with E-state index in [9.17, 15) is 14.4 Å². The van der Waals surface area contributed by atoms with Gasteiger partial charge in [-0.2, -0.15) is 0 Å². The quantitative estimate of drug-likeness (QED) is 0.310. The summed E-state index contributed by atoms with van der Waals surface area (Å²) >= 11 is 1.20. The number of nitrogens with one attached hydrogen (secondary N) is 1. The third kappa shape index (κ3) is 5.68. The van der Waals surface area contributed by atoms with Crippen molar-refractivity contribution in [1.82, 2.24) is 18.7 Å². The van der Waals surface area contributed by atoms with Crippen molar-refractivity contribution in [2.24, 2.45) is 14.1 Å². The minimum Gasteiger partial charge on any atom is -0.494 e. The van der Waals surface area contributed by atoms with E-state index in [1.54, 1.807) is 24.8 Å². The first kappa shape index (κ1) is 27.2. The highest BCUT2D eigenvalue weighted by molar-refractivity contribution is 7.99. The second kappa shape index (κ2) is 11.7. The van der Waals surface area contributed by atoms with Crippen molar-refractivity contribution >= 4 is 34.5 Å². The van der Waals surface area contributed by atoms with Crippen LogP contribution in [-0.4, -0.2) is 44.1 Å². The van der Waals surface area contributed by atoms with Crippen LogP contribution in [0.4, 0.5) is 5.69 Å². The Morgan fingerprint density at radius 1 is 1.08 bits per heavy atom. The molecule has 2 aromatic heterocycles. The van der Waals surface area contributed by atoms with E-state index < -0.39 is 11.2 Å². The van der Waals surface area contributed by atoms with E-state index in [1.807, 2.05) is 50.2 Å². The van der Waals surface area contributed by atoms with Gasteiger partial charge in [-0.3, -0.25) is 18.7 Å². The maximum Gasteiger partial charge on any atom is 0.332 e. The summed E-state index contributed by atoms with van der Waals surface area (Å²) in [7, 11) is 4.62. The van der Waals surface area contributed by atoms with Crippen molar-refractivity contribution in [1.29, 1.82) is 0 Å². The van der Waals surface area contributed by atoms with Crippen molar-refractivity contribution in [2.75, 3.05) is 24.8 Å². The second-order valence-corrected chi connectivity index (χ2v) is 9.81. The number of nitrogens with zero attached hydrogens (tertiary/aromatic N) is 4. The molecule has 4 rings (SSSR count). The Morgan fingerprint density at radius 3 is 2.50 bits per heavy atom. The van der Waals surface area contributed by atoms with Gasteiger partial charge in [-0.15, -0.1) is 0 Å². The number of ether oxygens (including phenoxy) is 2. The number of carbonyl (C=O) groups excluding carboxylic acids is 1. The SMILES string of the molecule is CCOc1ccc(COC)c(NC(=O)CSc2nc3c(c(=O)n(C)c(=O)n3C)n2Cc2ccc(C)cc2)c1. The Bertz CT molecular complexity index is 1590. The first-order valence-electron chi connectivity index (χ1n) is 12.1. The molecular formula is C27H31N5O5S. The molecule has 0 radical (unpaired) electrons. The van der Waals surface area contributed by atoms with Gasteiger partial charge in [-0.1, -0.05) is 47.7 Å². The third-order valence-corrected chi connectivity index (χ3v) is 7.05. The van der Waals surface area contributed by atoms with Crippen molar-refractivity contribution in [3.05, 3.63) is 80.0 Å². The number of amides is 1. The minimum absolute atomic E-state index is 0.0385. The van der Waals surface area contributed by atoms with E-state index in [-0.39, 0.29) is 17.3 Å². The summed E-state index contributed by atoms with van der Waals surface area (Å²) in [5.74, 6) is 0.431. The first-order chi connectivity index (χ1) is 18.2. The molecule has 200 valence electrons. The molecule has 11 heteroatoms. The second-order valence-electron chi connectivity index (χ2n) is 8.87. The fourth-order valence-electron chi connectivity index (χ4n) is 4.09. The first-order valence-corrected chi connectivity index (χ1v) is 13.1. The molecule has 10 nitrogen and oxygen atoms in total. The summed E-state index contributed by atoms with van der Waals surface area (Å²) in [5, 5.41) is 3.40. The summed E-state index contributed by atoms with van der Waals surface area (Å²) in [5.41, 5.74) is 3.20. The lowest BCUT2D eigenvalue weighted by Crippen LogP contribution is -2.37. The molecule has 38 heavy (non-hydrogen) atoms. The average molecular weight is 538 g/mol. The third-order valence-electron chi connectivity index (χ3n) is 6.07. The summed E-state index contributed by atoms with van der Waals surface area (Å²) < 4.78 is 15.0. The van der Waals surface area contributed by atoms with Gasteiger partial charge < -0.3 is 19.4 Å². The molecule has 0 unspecified atom stereocenters. The van der Waals surface area contributed by atoms with Gasteiger partial charge in [0.25, 0.3) is 5.56 Å². The Kier molecular flexibility index (Phi) is 8.38. The largest absolute Gasteiger partial charge is 0.494 e. The number of carbonyl (C=O) groups is 1. The number of methoxy groups -OCH3 is 1. The van der Waals surface area contributed by atoms with Gasteiger partial charge in [-0.25, -0.2) is 9.78 Å². The van der Waals surface area contributed by atoms with Crippen LogP contribution >= 0.6 is 11.8 Å². The van der Waals surface area contributed by atoms with Crippen LogP contribution < -0.4 is 21.3 Å². The molecule has 0 aliphatic heterocycles. The molecule has 0 saturated carbocycles. The highest BCUT2D eigenvalue weighted by Gasteiger charge is 2.21. The molecule has 2 heterocycles. The van der Waals surface area contributed by atoms with Gasteiger partial charge in [0.2, 0.25) is 5.91 Å². The van der Waals surface area contributed by atoms with Gasteiger partial charge >= 0.3 is 5.69 Å². The smallest absolute Gasteiger partial charge is 0.332 e. The zero-order valence-electron chi connectivity index (χ0n) is 22.1. The predicted octanol–water partition coefficient (Wildman–Crippen LogP) is 3.07. The molecule has 4 aromatic rings. The standard InChI is InChI=1S/C27H31N5O5S/c1-6-37-20-12-11-19(15-36-5)21(13-20)28-22(33)16-38-26-29-24-23(25(34)31(4)27(35)30(24)3)32(26)14-18-9-7-17(2)8-10-18/h7-13H,6,14-16H2,1-5H3,(H,28,33). The van der Waals surface area contributed by atoms with Crippen LogP contribution in [0.2, 0.25) is 0 Å². The summed E-state index contributed by atoms with van der Waals surface area (Å²) in [6.07, 6.45) is 0. The zero-order valence-corrected chi connectivity index (χ0v) is 22.9. The molecule has 1 N–H and O–H groups in total. The number of hydrogen-bond donors (Lipinski definition) is 1. The summed E-state index contributed by atoms with van der Waals surface area (Å²) in [4.78, 5) is 43.3. The highest BCUT2D eigenvalue weighted by atomic mass is 32.2. The summed E-state index contributed by atoms with van der Waals surface area (Å²) in [6.45, 7) is 5.10. The maximum atomic E-state index is 13.1. The number of aryl methyl sites for hydroxylation is 2. The van der Waals surface area contributed by atoms with Crippen LogP contribution in [0.1, 0.15) is 23.6 Å². The lowest BCUT2D eigenvalue weighted by molar-refractivity contribution is -0.113. The summed E-state index contributed by atoms with van der Waals surface area (Å²) in [6, 6.07) is 13.4. The topological polar surface area (TPSA) is 109 Å². The van der Waals surface area contributed by atoms with Crippen LogP contribution in [0, 0.1) is 6.92 Å². The monoisotopic (exact) mass is 537 g/mol. The predicted molar refractivity (Wildman–Crippen MR) is 148 cm³/mol. The average Bonchev–Trinajstić information content (AvgIpc) is 3.26. The number of aromatic nitrogens is 4. The van der Waals surface area contributed by atoms with Crippen LogP contribution in [0.3, 0.4) is 0 Å². The minimum atomic E-state index is -0.461. The molecule has 0 atom stereocenters. The number of fused-ring (bicyclic) bond motifs is 1. The molecule has 0 fully saturated rings. The molecule has 0 aliphatic rings. The Labute approximate surface area is 224 Å². The van der Waals surface area contributed by atoms with Gasteiger partial charge in [0, 0.05) is 38.5 Å². The van der Waals surface area contributed by atoms with Gasteiger partial charge in [-0.05, 0) is 25.5 Å². The molecule has 1 amide bonds. The van der Waals surface area contributed by atoms with E-state index in [1.165, 1.54) is 23.4 Å². The number of rotatable bonds is 10. The Balaban J connectivity index is 1.66. The van der Waals surface area contributed by atoms with Crippen molar-refractivity contribution < 1.29 is 14.3 Å². The number of imidazole rings is 1. The van der Waals surface area contributed by atoms with Crippen LogP contribution in [0.25, 0.3) is 11.2 Å². The van der Waals surface area contributed by atoms with Gasteiger partial charge in [0.1, 0.15) is 5.75 Å². The van der Waals surface area contributed by atoms with E-state index >= 15 is 0 Å². The van der Waals surface area contributed by atoms with Crippen molar-refractivity contribution in [3.8, 4) is 5.75 Å². The Morgan fingerprint density at radius 2 is 1.82 bits per heavy atom. The molecule has 0 spiro atoms. The van der Waals surface area contributed by atoms with Crippen LogP contribution in [-0.2, 0) is 36.8 Å². The molecule has 2 aromatic carbocycles. The van der Waals surface area contributed by atoms with E-state index in [0.29, 0.717) is 41.9 Å². The maximum absolute atomic E-state index is 13.1. The lowest BCUT2D eigenvalue weighted by atomic mass is 10.1. The fraction of sp³-hybridized carbons (Fsp3) is 0.333. The molecular weight excluding hydrogens is 506 g/mol. The van der Waals surface area contributed by atoms with E-state index in [0.717, 1.165) is 21.3 Å². The molecule has 0 bridgehead atoms. The van der Waals surface area contributed by atoms with E-state index in [2.05, 4.69) is 10.3 Å². The van der Waals surface area contributed by atoms with Crippen LogP contribution in [0.15, 0.2) is 57.2 Å². The van der Waals surface area contributed by atoms with E-state index in [4.69, 9.17) is 9.47 Å². The molecule has 0 saturated heterocycles. The van der Waals surface area contributed by atoms with Gasteiger partial charge in [0.15, 0.2) is 16.3 Å². The highest BCUT2D eigenvalue weighted by Crippen LogP contribution is 2.26. The van der Waals surface area contributed by atoms with Crippen molar-refractivity contribution in [3.63, 3.8) is 0 Å². The number of thioether (sulfide) groups is 1. The number of benzene rings is 2. The Hall–Kier alpha value is -3.83. The zero-order chi connectivity index (χ0) is 27.4. The number of hydrogen-bond acceptors (Lipinski definition) is 7. The van der Waals surface area contributed by atoms with Gasteiger partial charge in [0.05, 0.1) is 25.5 Å². The lowest BCUT2D eigenvalue weighted by Gasteiger charge is -2.13. The normalized spacial score (nSPS) is 11.2. The fourth-order valence-corrected chi connectivity index (χ4v) is 4.88. The molecule has 0 aliphatic carbocycles. The number of anilines is 1. The van der Waals surface area contributed by atoms with Crippen molar-refractivity contribution in [2.45, 2.75) is 32.2 Å². The van der Waals surface area contributed by atoms with Crippen LogP contribution in [0.5, 0.6) is 5.75 Å².